The first-order valence-corrected chi connectivity index (χ1v) is 5.72. The Labute approximate surface area is 106 Å². The molecule has 7 heteroatoms. The fourth-order valence-corrected chi connectivity index (χ4v) is 2.04. The number of hydrogen-bond acceptors (Lipinski definition) is 6. The van der Waals surface area contributed by atoms with Crippen LogP contribution in [0.25, 0.3) is 11.3 Å². The van der Waals surface area contributed by atoms with Crippen LogP contribution in [-0.2, 0) is 9.59 Å². The third-order valence-electron chi connectivity index (χ3n) is 2.10. The average molecular weight is 264 g/mol. The van der Waals surface area contributed by atoms with Gasteiger partial charge in [-0.25, -0.2) is 4.98 Å². The van der Waals surface area contributed by atoms with Crippen molar-refractivity contribution >= 4 is 28.7 Å². The maximum absolute atomic E-state index is 10.8. The number of nitrogens with one attached hydrogen (secondary N) is 1. The Morgan fingerprint density at radius 3 is 2.83 bits per heavy atom. The van der Waals surface area contributed by atoms with Gasteiger partial charge in [0.2, 0.25) is 6.29 Å². The molecule has 1 heterocycles. The number of phenols is 2. The molecule has 0 unspecified atom stereocenters. The second-order valence-electron chi connectivity index (χ2n) is 3.35. The number of rotatable bonds is 3. The molecule has 6 nitrogen and oxygen atoms in total. The van der Waals surface area contributed by atoms with E-state index in [4.69, 9.17) is 5.11 Å². The summed E-state index contributed by atoms with van der Waals surface area (Å²) in [6.07, 6.45) is 0.152. The Balaban J connectivity index is 2.29. The summed E-state index contributed by atoms with van der Waals surface area (Å²) in [5.74, 6) is -0.958. The number of amides is 1. The predicted molar refractivity (Wildman–Crippen MR) is 65.6 cm³/mol. The Bertz CT molecular complexity index is 609. The number of benzene rings is 1. The SMILES string of the molecule is O=CC(=O)Nc1nc(-c2ccc(O)cc2O)cs1. The molecular formula is C11H8N2O4S. The summed E-state index contributed by atoms with van der Waals surface area (Å²) < 4.78 is 0. The van der Waals surface area contributed by atoms with Gasteiger partial charge in [-0.15, -0.1) is 11.3 Å². The minimum atomic E-state index is -0.786. The molecule has 1 aromatic carbocycles. The first-order chi connectivity index (χ1) is 8.60. The number of thiazole rings is 1. The molecule has 0 saturated heterocycles. The molecule has 0 fully saturated rings. The first kappa shape index (κ1) is 12.1. The standard InChI is InChI=1S/C11H8N2O4S/c14-4-10(17)13-11-12-8(5-18-11)7-2-1-6(15)3-9(7)16/h1-5,15-16H,(H,12,13,17). The molecule has 1 amide bonds. The van der Waals surface area contributed by atoms with Crippen molar-refractivity contribution in [2.24, 2.45) is 0 Å². The molecular weight excluding hydrogens is 256 g/mol. The van der Waals surface area contributed by atoms with E-state index in [0.29, 0.717) is 11.3 Å². The fourth-order valence-electron chi connectivity index (χ4n) is 1.33. The highest BCUT2D eigenvalue weighted by atomic mass is 32.1. The number of phenolic OH excluding ortho intramolecular Hbond substituents is 2. The van der Waals surface area contributed by atoms with Gasteiger partial charge >= 0.3 is 0 Å². The summed E-state index contributed by atoms with van der Waals surface area (Å²) in [5.41, 5.74) is 0.870. The Kier molecular flexibility index (Phi) is 3.24. The summed E-state index contributed by atoms with van der Waals surface area (Å²) in [5, 5.41) is 23.0. The van der Waals surface area contributed by atoms with Crippen molar-refractivity contribution in [1.29, 1.82) is 0 Å². The van der Waals surface area contributed by atoms with Crippen LogP contribution in [0, 0.1) is 0 Å². The second kappa shape index (κ2) is 4.84. The molecule has 0 aliphatic rings. The van der Waals surface area contributed by atoms with Gasteiger partial charge in [0.25, 0.3) is 5.91 Å². The van der Waals surface area contributed by atoms with Gasteiger partial charge in [0.1, 0.15) is 11.5 Å². The van der Waals surface area contributed by atoms with E-state index in [1.165, 1.54) is 18.2 Å². The van der Waals surface area contributed by atoms with Crippen LogP contribution in [0.2, 0.25) is 0 Å². The molecule has 92 valence electrons. The predicted octanol–water partition coefficient (Wildman–Crippen LogP) is 1.36. The zero-order valence-corrected chi connectivity index (χ0v) is 9.77. The van der Waals surface area contributed by atoms with Gasteiger partial charge in [-0.05, 0) is 12.1 Å². The molecule has 3 N–H and O–H groups in total. The van der Waals surface area contributed by atoms with E-state index in [1.54, 1.807) is 5.38 Å². The number of aldehydes is 1. The zero-order valence-electron chi connectivity index (χ0n) is 8.95. The molecule has 0 radical (unpaired) electrons. The molecule has 2 rings (SSSR count). The highest BCUT2D eigenvalue weighted by molar-refractivity contribution is 7.14. The highest BCUT2D eigenvalue weighted by Crippen LogP contribution is 2.33. The van der Waals surface area contributed by atoms with Crippen molar-refractivity contribution in [3.63, 3.8) is 0 Å². The van der Waals surface area contributed by atoms with Gasteiger partial charge in [0, 0.05) is 17.0 Å². The Morgan fingerprint density at radius 1 is 1.39 bits per heavy atom. The number of nitrogens with zero attached hydrogens (tertiary/aromatic N) is 1. The lowest BCUT2D eigenvalue weighted by Gasteiger charge is -2.01. The van der Waals surface area contributed by atoms with E-state index >= 15 is 0 Å². The van der Waals surface area contributed by atoms with Gasteiger partial charge in [-0.3, -0.25) is 14.9 Å². The molecule has 0 atom stereocenters. The Morgan fingerprint density at radius 2 is 2.17 bits per heavy atom. The minimum absolute atomic E-state index is 0.0547. The van der Waals surface area contributed by atoms with E-state index in [-0.39, 0.29) is 22.9 Å². The second-order valence-corrected chi connectivity index (χ2v) is 4.20. The largest absolute Gasteiger partial charge is 0.508 e. The maximum atomic E-state index is 10.8. The highest BCUT2D eigenvalue weighted by Gasteiger charge is 2.10. The van der Waals surface area contributed by atoms with Gasteiger partial charge in [-0.1, -0.05) is 0 Å². The van der Waals surface area contributed by atoms with Crippen LogP contribution >= 0.6 is 11.3 Å². The lowest BCUT2D eigenvalue weighted by Crippen LogP contribution is -2.11. The monoisotopic (exact) mass is 264 g/mol. The van der Waals surface area contributed by atoms with Crippen LogP contribution < -0.4 is 5.32 Å². The van der Waals surface area contributed by atoms with Crippen LogP contribution in [0.15, 0.2) is 23.6 Å². The smallest absolute Gasteiger partial charge is 0.290 e. The molecule has 18 heavy (non-hydrogen) atoms. The average Bonchev–Trinajstić information content (AvgIpc) is 2.77. The van der Waals surface area contributed by atoms with Crippen LogP contribution in [0.3, 0.4) is 0 Å². The summed E-state index contributed by atoms with van der Waals surface area (Å²) >= 11 is 1.13. The number of carbonyl (C=O) groups excluding carboxylic acids is 2. The number of carbonyl (C=O) groups is 2. The topological polar surface area (TPSA) is 99.5 Å². The fraction of sp³-hybridized carbons (Fsp3) is 0. The van der Waals surface area contributed by atoms with Crippen LogP contribution in [0.4, 0.5) is 5.13 Å². The van der Waals surface area contributed by atoms with Gasteiger partial charge in [-0.2, -0.15) is 0 Å². The third-order valence-corrected chi connectivity index (χ3v) is 2.86. The minimum Gasteiger partial charge on any atom is -0.508 e. The third kappa shape index (κ3) is 2.46. The number of anilines is 1. The van der Waals surface area contributed by atoms with Gasteiger partial charge in [0.15, 0.2) is 5.13 Å². The van der Waals surface area contributed by atoms with Crippen molar-refractivity contribution in [2.45, 2.75) is 0 Å². The summed E-state index contributed by atoms with van der Waals surface area (Å²) in [6, 6.07) is 4.11. The van der Waals surface area contributed by atoms with Crippen LogP contribution in [0.1, 0.15) is 0 Å². The van der Waals surface area contributed by atoms with Crippen LogP contribution in [0.5, 0.6) is 11.5 Å². The molecule has 1 aromatic heterocycles. The normalized spacial score (nSPS) is 10.0. The van der Waals surface area contributed by atoms with Gasteiger partial charge in [0.05, 0.1) is 5.69 Å². The molecule has 0 bridgehead atoms. The van der Waals surface area contributed by atoms with Crippen LogP contribution in [-0.4, -0.2) is 27.4 Å². The first-order valence-electron chi connectivity index (χ1n) is 4.84. The van der Waals surface area contributed by atoms with Crippen molar-refractivity contribution in [2.75, 3.05) is 5.32 Å². The summed E-state index contributed by atoms with van der Waals surface area (Å²) in [7, 11) is 0. The number of hydrogen-bond donors (Lipinski definition) is 3. The van der Waals surface area contributed by atoms with E-state index in [2.05, 4.69) is 10.3 Å². The molecule has 2 aromatic rings. The lowest BCUT2D eigenvalue weighted by atomic mass is 10.1. The molecule has 0 spiro atoms. The maximum Gasteiger partial charge on any atom is 0.290 e. The zero-order chi connectivity index (χ0) is 13.1. The molecule has 0 saturated carbocycles. The van der Waals surface area contributed by atoms with E-state index in [0.717, 1.165) is 11.3 Å². The van der Waals surface area contributed by atoms with Crippen molar-refractivity contribution < 1.29 is 19.8 Å². The van der Waals surface area contributed by atoms with E-state index in [9.17, 15) is 14.7 Å². The number of aromatic nitrogens is 1. The molecule has 0 aliphatic carbocycles. The summed E-state index contributed by atoms with van der Waals surface area (Å²) in [4.78, 5) is 25.1. The van der Waals surface area contributed by atoms with Crippen molar-refractivity contribution in [3.05, 3.63) is 23.6 Å². The quantitative estimate of drug-likeness (QED) is 0.574. The Hall–Kier alpha value is -2.41. The number of aromatic hydroxyl groups is 2. The van der Waals surface area contributed by atoms with E-state index in [1.807, 2.05) is 0 Å². The van der Waals surface area contributed by atoms with Gasteiger partial charge < -0.3 is 10.2 Å². The molecule has 0 aliphatic heterocycles. The lowest BCUT2D eigenvalue weighted by molar-refractivity contribution is -0.127. The summed E-state index contributed by atoms with van der Waals surface area (Å²) in [6.45, 7) is 0. The van der Waals surface area contributed by atoms with Crippen molar-refractivity contribution in [3.8, 4) is 22.8 Å². The van der Waals surface area contributed by atoms with Crippen molar-refractivity contribution in [1.82, 2.24) is 4.98 Å². The van der Waals surface area contributed by atoms with E-state index < -0.39 is 5.91 Å².